The highest BCUT2D eigenvalue weighted by atomic mass is 16.5. The summed E-state index contributed by atoms with van der Waals surface area (Å²) in [4.78, 5) is 0. The second-order valence-corrected chi connectivity index (χ2v) is 3.02. The van der Waals surface area contributed by atoms with Gasteiger partial charge in [-0.15, -0.1) is 0 Å². The third-order valence-corrected chi connectivity index (χ3v) is 2.03. The maximum atomic E-state index is 5.26. The molecule has 0 aromatic heterocycles. The van der Waals surface area contributed by atoms with Crippen molar-refractivity contribution in [2.75, 3.05) is 13.2 Å². The molecule has 1 aromatic rings. The molecular formula is C11H12O. The predicted molar refractivity (Wildman–Crippen MR) is 49.9 cm³/mol. The molecule has 1 aliphatic rings. The summed E-state index contributed by atoms with van der Waals surface area (Å²) in [5, 5.41) is 0. The quantitative estimate of drug-likeness (QED) is 0.613. The predicted octanol–water partition coefficient (Wildman–Crippen LogP) is 2.49. The monoisotopic (exact) mass is 160 g/mol. The highest BCUT2D eigenvalue weighted by Gasteiger charge is 2.05. The maximum absolute atomic E-state index is 5.26. The minimum Gasteiger partial charge on any atom is -0.377 e. The van der Waals surface area contributed by atoms with E-state index >= 15 is 0 Å². The van der Waals surface area contributed by atoms with Crippen LogP contribution in [0.5, 0.6) is 0 Å². The molecule has 1 aromatic carbocycles. The van der Waals surface area contributed by atoms with Crippen LogP contribution in [0.15, 0.2) is 35.9 Å². The fourth-order valence-corrected chi connectivity index (χ4v) is 1.38. The molecule has 62 valence electrons. The van der Waals surface area contributed by atoms with Gasteiger partial charge in [0.25, 0.3) is 0 Å². The number of hydrogen-bond acceptors (Lipinski definition) is 1. The van der Waals surface area contributed by atoms with E-state index in [1.54, 1.807) is 0 Å². The maximum Gasteiger partial charge on any atom is 0.0681 e. The second kappa shape index (κ2) is 3.55. The number of hydrogen-bond donors (Lipinski definition) is 0. The van der Waals surface area contributed by atoms with Gasteiger partial charge in [0.1, 0.15) is 0 Å². The van der Waals surface area contributed by atoms with Gasteiger partial charge in [0, 0.05) is 0 Å². The van der Waals surface area contributed by atoms with Gasteiger partial charge in [-0.25, -0.2) is 0 Å². The summed E-state index contributed by atoms with van der Waals surface area (Å²) in [6.07, 6.45) is 3.31. The lowest BCUT2D eigenvalue weighted by atomic mass is 10.1. The molecule has 2 rings (SSSR count). The average Bonchev–Trinajstić information content (AvgIpc) is 2.59. The molecule has 1 aliphatic heterocycles. The van der Waals surface area contributed by atoms with Gasteiger partial charge in [0.05, 0.1) is 13.2 Å². The van der Waals surface area contributed by atoms with Crippen LogP contribution in [0.4, 0.5) is 0 Å². The van der Waals surface area contributed by atoms with Crippen molar-refractivity contribution in [3.63, 3.8) is 0 Å². The molecule has 0 amide bonds. The van der Waals surface area contributed by atoms with Crippen LogP contribution in [0, 0.1) is 0 Å². The van der Waals surface area contributed by atoms with Gasteiger partial charge in [0.15, 0.2) is 0 Å². The molecule has 0 bridgehead atoms. The molecule has 0 radical (unpaired) electrons. The normalized spacial score (nSPS) is 20.2. The standard InChI is InChI=1S/C11H12O/c1-2-4-10(5-3-1)8-11-6-7-12-9-11/h1-5,8H,6-7,9H2. The highest BCUT2D eigenvalue weighted by Crippen LogP contribution is 2.14. The fourth-order valence-electron chi connectivity index (χ4n) is 1.38. The molecular weight excluding hydrogens is 148 g/mol. The first-order chi connectivity index (χ1) is 5.95. The SMILES string of the molecule is C(=C1CCOC1)c1ccccc1. The van der Waals surface area contributed by atoms with Crippen LogP contribution in [-0.2, 0) is 4.74 Å². The zero-order valence-electron chi connectivity index (χ0n) is 6.99. The zero-order chi connectivity index (χ0) is 8.23. The Morgan fingerprint density at radius 1 is 1.17 bits per heavy atom. The first kappa shape index (κ1) is 7.56. The number of ether oxygens (including phenoxy) is 1. The topological polar surface area (TPSA) is 9.23 Å². The molecule has 0 spiro atoms. The lowest BCUT2D eigenvalue weighted by Gasteiger charge is -1.94. The van der Waals surface area contributed by atoms with E-state index in [1.807, 2.05) is 6.07 Å². The van der Waals surface area contributed by atoms with Crippen LogP contribution in [-0.4, -0.2) is 13.2 Å². The Bertz CT molecular complexity index is 266. The van der Waals surface area contributed by atoms with Crippen LogP contribution in [0.2, 0.25) is 0 Å². The molecule has 1 fully saturated rings. The molecule has 1 heteroatoms. The number of rotatable bonds is 1. The Labute approximate surface area is 72.7 Å². The van der Waals surface area contributed by atoms with Gasteiger partial charge in [-0.3, -0.25) is 0 Å². The van der Waals surface area contributed by atoms with Gasteiger partial charge < -0.3 is 4.74 Å². The van der Waals surface area contributed by atoms with Gasteiger partial charge in [-0.2, -0.15) is 0 Å². The lowest BCUT2D eigenvalue weighted by molar-refractivity contribution is 0.205. The molecule has 1 saturated heterocycles. The first-order valence-electron chi connectivity index (χ1n) is 4.27. The summed E-state index contributed by atoms with van der Waals surface area (Å²) in [6.45, 7) is 1.70. The Hall–Kier alpha value is -1.08. The van der Waals surface area contributed by atoms with Gasteiger partial charge in [0.2, 0.25) is 0 Å². The third kappa shape index (κ3) is 1.74. The van der Waals surface area contributed by atoms with E-state index in [2.05, 4.69) is 30.3 Å². The van der Waals surface area contributed by atoms with Crippen LogP contribution >= 0.6 is 0 Å². The molecule has 1 heterocycles. The molecule has 0 saturated carbocycles. The molecule has 12 heavy (non-hydrogen) atoms. The summed E-state index contributed by atoms with van der Waals surface area (Å²) in [5.74, 6) is 0. The van der Waals surface area contributed by atoms with Gasteiger partial charge >= 0.3 is 0 Å². The molecule has 1 nitrogen and oxygen atoms in total. The Balaban J connectivity index is 2.16. The Kier molecular flexibility index (Phi) is 2.23. The third-order valence-electron chi connectivity index (χ3n) is 2.03. The van der Waals surface area contributed by atoms with Crippen molar-refractivity contribution < 1.29 is 4.74 Å². The summed E-state index contributed by atoms with van der Waals surface area (Å²) < 4.78 is 5.26. The van der Waals surface area contributed by atoms with Crippen LogP contribution in [0.1, 0.15) is 12.0 Å². The van der Waals surface area contributed by atoms with Crippen molar-refractivity contribution in [3.05, 3.63) is 41.5 Å². The minimum absolute atomic E-state index is 0.814. The van der Waals surface area contributed by atoms with E-state index in [1.165, 1.54) is 11.1 Å². The molecule has 0 unspecified atom stereocenters. The lowest BCUT2D eigenvalue weighted by Crippen LogP contribution is -1.80. The van der Waals surface area contributed by atoms with Crippen molar-refractivity contribution in [3.8, 4) is 0 Å². The van der Waals surface area contributed by atoms with Crippen molar-refractivity contribution in [2.24, 2.45) is 0 Å². The molecule has 0 atom stereocenters. The summed E-state index contributed by atoms with van der Waals surface area (Å²) in [7, 11) is 0. The van der Waals surface area contributed by atoms with Crippen LogP contribution in [0.3, 0.4) is 0 Å². The van der Waals surface area contributed by atoms with E-state index in [-0.39, 0.29) is 0 Å². The minimum atomic E-state index is 0.814. The van der Waals surface area contributed by atoms with Crippen molar-refractivity contribution in [1.82, 2.24) is 0 Å². The number of benzene rings is 1. The zero-order valence-corrected chi connectivity index (χ0v) is 6.99. The largest absolute Gasteiger partial charge is 0.377 e. The Morgan fingerprint density at radius 2 is 2.00 bits per heavy atom. The van der Waals surface area contributed by atoms with E-state index in [4.69, 9.17) is 4.74 Å². The van der Waals surface area contributed by atoms with Crippen molar-refractivity contribution in [2.45, 2.75) is 6.42 Å². The highest BCUT2D eigenvalue weighted by molar-refractivity contribution is 5.53. The van der Waals surface area contributed by atoms with Gasteiger partial charge in [-0.1, -0.05) is 36.4 Å². The fraction of sp³-hybridized carbons (Fsp3) is 0.273. The first-order valence-corrected chi connectivity index (χ1v) is 4.27. The van der Waals surface area contributed by atoms with Gasteiger partial charge in [-0.05, 0) is 17.6 Å². The van der Waals surface area contributed by atoms with Crippen LogP contribution in [0.25, 0.3) is 6.08 Å². The van der Waals surface area contributed by atoms with E-state index in [0.29, 0.717) is 0 Å². The summed E-state index contributed by atoms with van der Waals surface area (Å²) in [5.41, 5.74) is 2.68. The van der Waals surface area contributed by atoms with Crippen LogP contribution < -0.4 is 0 Å². The summed E-state index contributed by atoms with van der Waals surface area (Å²) >= 11 is 0. The van der Waals surface area contributed by atoms with E-state index in [0.717, 1.165) is 19.6 Å². The Morgan fingerprint density at radius 3 is 2.67 bits per heavy atom. The molecule has 0 aliphatic carbocycles. The summed E-state index contributed by atoms with van der Waals surface area (Å²) in [6, 6.07) is 10.4. The second-order valence-electron chi connectivity index (χ2n) is 3.02. The van der Waals surface area contributed by atoms with Crippen molar-refractivity contribution >= 4 is 6.08 Å². The van der Waals surface area contributed by atoms with E-state index < -0.39 is 0 Å². The van der Waals surface area contributed by atoms with E-state index in [9.17, 15) is 0 Å². The average molecular weight is 160 g/mol. The van der Waals surface area contributed by atoms with Crippen molar-refractivity contribution in [1.29, 1.82) is 0 Å². The molecule has 0 N–H and O–H groups in total. The smallest absolute Gasteiger partial charge is 0.0681 e.